The predicted octanol–water partition coefficient (Wildman–Crippen LogP) is 5.32. The Kier molecular flexibility index (Phi) is 8.60. The number of hydrogen-bond acceptors (Lipinski definition) is 6. The first-order valence-electron chi connectivity index (χ1n) is 11.9. The number of hydrogen-bond donors (Lipinski definition) is 2. The zero-order valence-electron chi connectivity index (χ0n) is 20.6. The maximum absolute atomic E-state index is 12.5. The Labute approximate surface area is 219 Å². The molecule has 8 nitrogen and oxygen atoms in total. The summed E-state index contributed by atoms with van der Waals surface area (Å²) < 4.78 is 11.1. The summed E-state index contributed by atoms with van der Waals surface area (Å²) in [5.74, 6) is -0.493. The second-order valence-corrected chi connectivity index (χ2v) is 7.99. The second kappa shape index (κ2) is 12.6. The van der Waals surface area contributed by atoms with Gasteiger partial charge in [-0.15, -0.1) is 0 Å². The lowest BCUT2D eigenvalue weighted by atomic mass is 10.1. The number of ether oxygens (including phenoxy) is 2. The van der Waals surface area contributed by atoms with Gasteiger partial charge in [0.05, 0.1) is 18.4 Å². The predicted molar refractivity (Wildman–Crippen MR) is 145 cm³/mol. The molecule has 38 heavy (non-hydrogen) atoms. The third kappa shape index (κ3) is 6.92. The number of amides is 2. The fraction of sp³-hybridized carbons (Fsp3) is 0.0667. The van der Waals surface area contributed by atoms with Crippen molar-refractivity contribution in [1.29, 1.82) is 0 Å². The van der Waals surface area contributed by atoms with Crippen LogP contribution in [0.5, 0.6) is 11.5 Å². The van der Waals surface area contributed by atoms with Crippen LogP contribution >= 0.6 is 0 Å². The van der Waals surface area contributed by atoms with Gasteiger partial charge in [-0.2, -0.15) is 5.10 Å². The largest absolute Gasteiger partial charge is 0.490 e. The minimum absolute atomic E-state index is 0.236. The fourth-order valence-corrected chi connectivity index (χ4v) is 3.42. The van der Waals surface area contributed by atoms with Crippen molar-refractivity contribution in [3.05, 3.63) is 125 Å². The summed E-state index contributed by atoms with van der Waals surface area (Å²) in [6, 6.07) is 28.9. The first-order valence-corrected chi connectivity index (χ1v) is 11.9. The van der Waals surface area contributed by atoms with Crippen LogP contribution in [0.3, 0.4) is 0 Å². The van der Waals surface area contributed by atoms with Gasteiger partial charge in [-0.1, -0.05) is 36.4 Å². The standard InChI is InChI=1S/C30H25N3O5/c1-2-37-27-19-21(13-18-26(27)38-30(36)24-11-7-4-8-12-24)20-31-33-29(35)23-14-16-25(17-15-23)32-28(34)22-9-5-3-6-10-22/h3-20H,2H2,1H3,(H,32,34)(H,33,35). The van der Waals surface area contributed by atoms with E-state index in [0.29, 0.717) is 40.3 Å². The number of hydrazone groups is 1. The molecule has 0 aliphatic carbocycles. The van der Waals surface area contributed by atoms with Crippen molar-refractivity contribution in [3.63, 3.8) is 0 Å². The van der Waals surface area contributed by atoms with E-state index in [-0.39, 0.29) is 11.7 Å². The van der Waals surface area contributed by atoms with Crippen LogP contribution in [0, 0.1) is 0 Å². The normalized spacial score (nSPS) is 10.6. The molecular weight excluding hydrogens is 482 g/mol. The Morgan fingerprint density at radius 1 is 0.737 bits per heavy atom. The molecule has 0 unspecified atom stereocenters. The van der Waals surface area contributed by atoms with Gasteiger partial charge >= 0.3 is 5.97 Å². The van der Waals surface area contributed by atoms with E-state index in [1.807, 2.05) is 19.1 Å². The van der Waals surface area contributed by atoms with E-state index in [1.165, 1.54) is 6.21 Å². The van der Waals surface area contributed by atoms with Crippen molar-refractivity contribution >= 4 is 29.7 Å². The summed E-state index contributed by atoms with van der Waals surface area (Å²) in [4.78, 5) is 37.1. The summed E-state index contributed by atoms with van der Waals surface area (Å²) in [6.07, 6.45) is 1.46. The first kappa shape index (κ1) is 25.8. The average Bonchev–Trinajstić information content (AvgIpc) is 2.95. The molecule has 2 N–H and O–H groups in total. The van der Waals surface area contributed by atoms with Crippen LogP contribution in [0.1, 0.15) is 43.6 Å². The molecule has 0 bridgehead atoms. The number of esters is 1. The molecule has 0 saturated carbocycles. The van der Waals surface area contributed by atoms with Crippen molar-refractivity contribution < 1.29 is 23.9 Å². The zero-order chi connectivity index (χ0) is 26.7. The Morgan fingerprint density at radius 3 is 2.03 bits per heavy atom. The van der Waals surface area contributed by atoms with Crippen LogP contribution in [-0.2, 0) is 0 Å². The molecule has 0 aromatic heterocycles. The maximum Gasteiger partial charge on any atom is 0.343 e. The number of nitrogens with zero attached hydrogens (tertiary/aromatic N) is 1. The van der Waals surface area contributed by atoms with Gasteiger partial charge in [-0.3, -0.25) is 9.59 Å². The Hall–Kier alpha value is -5.24. The molecule has 0 heterocycles. The van der Waals surface area contributed by atoms with E-state index in [0.717, 1.165) is 0 Å². The van der Waals surface area contributed by atoms with Crippen molar-refractivity contribution in [2.24, 2.45) is 5.10 Å². The molecule has 0 fully saturated rings. The Balaban J connectivity index is 1.35. The smallest absolute Gasteiger partial charge is 0.343 e. The molecule has 0 aliphatic heterocycles. The van der Waals surface area contributed by atoms with Gasteiger partial charge in [0, 0.05) is 16.8 Å². The van der Waals surface area contributed by atoms with Gasteiger partial charge in [-0.25, -0.2) is 10.2 Å². The number of carbonyl (C=O) groups excluding carboxylic acids is 3. The van der Waals surface area contributed by atoms with Crippen LogP contribution in [0.4, 0.5) is 5.69 Å². The number of rotatable bonds is 9. The van der Waals surface area contributed by atoms with E-state index in [1.54, 1.807) is 91.0 Å². The molecule has 2 amide bonds. The molecule has 190 valence electrons. The van der Waals surface area contributed by atoms with E-state index in [4.69, 9.17) is 9.47 Å². The van der Waals surface area contributed by atoms with Crippen LogP contribution in [0.15, 0.2) is 108 Å². The van der Waals surface area contributed by atoms with E-state index in [9.17, 15) is 14.4 Å². The molecule has 4 aromatic rings. The zero-order valence-corrected chi connectivity index (χ0v) is 20.6. The van der Waals surface area contributed by atoms with Crippen LogP contribution in [0.2, 0.25) is 0 Å². The molecule has 0 aliphatic rings. The number of anilines is 1. The van der Waals surface area contributed by atoms with Crippen molar-refractivity contribution in [3.8, 4) is 11.5 Å². The molecule has 0 saturated heterocycles. The third-order valence-electron chi connectivity index (χ3n) is 5.30. The lowest BCUT2D eigenvalue weighted by Gasteiger charge is -2.11. The van der Waals surface area contributed by atoms with Gasteiger partial charge in [0.15, 0.2) is 11.5 Å². The van der Waals surface area contributed by atoms with Crippen LogP contribution in [-0.4, -0.2) is 30.6 Å². The molecule has 4 rings (SSSR count). The Morgan fingerprint density at radius 2 is 1.37 bits per heavy atom. The van der Waals surface area contributed by atoms with Crippen molar-refractivity contribution in [1.82, 2.24) is 5.43 Å². The topological polar surface area (TPSA) is 106 Å². The van der Waals surface area contributed by atoms with E-state index in [2.05, 4.69) is 15.8 Å². The minimum Gasteiger partial charge on any atom is -0.490 e. The molecular formula is C30H25N3O5. The maximum atomic E-state index is 12.5. The van der Waals surface area contributed by atoms with Gasteiger partial charge in [-0.05, 0) is 79.2 Å². The monoisotopic (exact) mass is 507 g/mol. The number of benzene rings is 4. The SMILES string of the molecule is CCOc1cc(C=NNC(=O)c2ccc(NC(=O)c3ccccc3)cc2)ccc1OC(=O)c1ccccc1. The van der Waals surface area contributed by atoms with E-state index < -0.39 is 11.9 Å². The van der Waals surface area contributed by atoms with Crippen molar-refractivity contribution in [2.45, 2.75) is 6.92 Å². The quantitative estimate of drug-likeness (QED) is 0.138. The molecule has 0 spiro atoms. The lowest BCUT2D eigenvalue weighted by molar-refractivity contribution is 0.0728. The second-order valence-electron chi connectivity index (χ2n) is 7.99. The van der Waals surface area contributed by atoms with Crippen LogP contribution in [0.25, 0.3) is 0 Å². The van der Waals surface area contributed by atoms with E-state index >= 15 is 0 Å². The Bertz CT molecular complexity index is 1440. The van der Waals surface area contributed by atoms with Gasteiger partial charge in [0.1, 0.15) is 0 Å². The molecule has 0 radical (unpaired) electrons. The highest BCUT2D eigenvalue weighted by Gasteiger charge is 2.13. The molecule has 4 aromatic carbocycles. The lowest BCUT2D eigenvalue weighted by Crippen LogP contribution is -2.18. The highest BCUT2D eigenvalue weighted by Crippen LogP contribution is 2.29. The first-order chi connectivity index (χ1) is 18.5. The van der Waals surface area contributed by atoms with Crippen LogP contribution < -0.4 is 20.2 Å². The van der Waals surface area contributed by atoms with Gasteiger partial charge in [0.2, 0.25) is 0 Å². The van der Waals surface area contributed by atoms with Crippen molar-refractivity contribution in [2.75, 3.05) is 11.9 Å². The van der Waals surface area contributed by atoms with Gasteiger partial charge < -0.3 is 14.8 Å². The molecule has 8 heteroatoms. The highest BCUT2D eigenvalue weighted by atomic mass is 16.6. The number of carbonyl (C=O) groups is 3. The van der Waals surface area contributed by atoms with Gasteiger partial charge in [0.25, 0.3) is 11.8 Å². The fourth-order valence-electron chi connectivity index (χ4n) is 3.42. The third-order valence-corrected chi connectivity index (χ3v) is 5.30. The summed E-state index contributed by atoms with van der Waals surface area (Å²) in [5.41, 5.74) is 5.01. The minimum atomic E-state index is -0.495. The average molecular weight is 508 g/mol. The number of nitrogens with one attached hydrogen (secondary N) is 2. The summed E-state index contributed by atoms with van der Waals surface area (Å²) in [7, 11) is 0. The highest BCUT2D eigenvalue weighted by molar-refractivity contribution is 6.04. The summed E-state index contributed by atoms with van der Waals surface area (Å²) in [6.45, 7) is 2.19. The molecule has 0 atom stereocenters. The summed E-state index contributed by atoms with van der Waals surface area (Å²) in [5, 5.41) is 6.80. The summed E-state index contributed by atoms with van der Waals surface area (Å²) >= 11 is 0.